The first-order valence-electron chi connectivity index (χ1n) is 7.11. The molecule has 0 radical (unpaired) electrons. The van der Waals surface area contributed by atoms with Crippen LogP contribution in [-0.2, 0) is 20.8 Å². The first-order valence-corrected chi connectivity index (χ1v) is 7.11. The number of aliphatic carboxylic acids is 1. The highest BCUT2D eigenvalue weighted by Gasteiger charge is 2.30. The number of nitrogens with two attached hydrogens (primary N) is 1. The number of nitrogens with one attached hydrogen (secondary N) is 3. The minimum Gasteiger partial charge on any atom is -0.480 e. The standard InChI is InChI=1S/C13H21N5O6/c1-6(20)10(13(23)24)18-12(22)9(2-7-3-15-5-16-7)17-11(21)8(14)4-19/h3,5-6,8-10,19-20H,2,4,14H2,1H3,(H,15,16)(H,17,21)(H,18,22)(H,23,24). The Morgan fingerprint density at radius 2 is 2.00 bits per heavy atom. The van der Waals surface area contributed by atoms with E-state index in [4.69, 9.17) is 15.9 Å². The molecule has 11 nitrogen and oxygen atoms in total. The second-order valence-electron chi connectivity index (χ2n) is 5.20. The van der Waals surface area contributed by atoms with Gasteiger partial charge in [0.05, 0.1) is 19.0 Å². The Hall–Kier alpha value is -2.50. The van der Waals surface area contributed by atoms with Gasteiger partial charge in [0.2, 0.25) is 11.8 Å². The highest BCUT2D eigenvalue weighted by molar-refractivity contribution is 5.92. The molecular formula is C13H21N5O6. The molecule has 24 heavy (non-hydrogen) atoms. The van der Waals surface area contributed by atoms with Crippen LogP contribution in [0.3, 0.4) is 0 Å². The fraction of sp³-hybridized carbons (Fsp3) is 0.538. The number of hydrogen-bond acceptors (Lipinski definition) is 7. The van der Waals surface area contributed by atoms with Crippen LogP contribution in [0.25, 0.3) is 0 Å². The predicted octanol–water partition coefficient (Wildman–Crippen LogP) is -3.29. The third-order valence-corrected chi connectivity index (χ3v) is 3.19. The van der Waals surface area contributed by atoms with E-state index in [9.17, 15) is 19.5 Å². The lowest BCUT2D eigenvalue weighted by molar-refractivity contribution is -0.145. The van der Waals surface area contributed by atoms with E-state index in [2.05, 4.69) is 20.6 Å². The van der Waals surface area contributed by atoms with E-state index < -0.39 is 48.6 Å². The molecule has 1 rings (SSSR count). The zero-order valence-corrected chi connectivity index (χ0v) is 13.0. The molecule has 4 atom stereocenters. The maximum atomic E-state index is 12.3. The highest BCUT2D eigenvalue weighted by Crippen LogP contribution is 2.02. The zero-order chi connectivity index (χ0) is 18.3. The molecule has 8 N–H and O–H groups in total. The number of aliphatic hydroxyl groups is 2. The molecule has 0 aliphatic heterocycles. The van der Waals surface area contributed by atoms with Gasteiger partial charge in [0.15, 0.2) is 6.04 Å². The summed E-state index contributed by atoms with van der Waals surface area (Å²) in [5.74, 6) is -3.02. The average molecular weight is 343 g/mol. The van der Waals surface area contributed by atoms with Crippen LogP contribution in [0.15, 0.2) is 12.5 Å². The van der Waals surface area contributed by atoms with Crippen LogP contribution in [0.4, 0.5) is 0 Å². The van der Waals surface area contributed by atoms with Crippen LogP contribution in [0.5, 0.6) is 0 Å². The zero-order valence-electron chi connectivity index (χ0n) is 13.0. The SMILES string of the molecule is CC(O)C(NC(=O)C(Cc1cnc[nH]1)NC(=O)C(N)CO)C(=O)O. The van der Waals surface area contributed by atoms with Gasteiger partial charge in [0, 0.05) is 18.3 Å². The quantitative estimate of drug-likeness (QED) is 0.242. The molecular weight excluding hydrogens is 322 g/mol. The molecule has 0 aromatic carbocycles. The molecule has 0 fully saturated rings. The van der Waals surface area contributed by atoms with Gasteiger partial charge in [-0.05, 0) is 6.92 Å². The van der Waals surface area contributed by atoms with E-state index in [0.29, 0.717) is 5.69 Å². The molecule has 1 heterocycles. The van der Waals surface area contributed by atoms with Crippen LogP contribution >= 0.6 is 0 Å². The summed E-state index contributed by atoms with van der Waals surface area (Å²) >= 11 is 0. The largest absolute Gasteiger partial charge is 0.480 e. The summed E-state index contributed by atoms with van der Waals surface area (Å²) in [7, 11) is 0. The van der Waals surface area contributed by atoms with Crippen LogP contribution in [-0.4, -0.2) is 73.9 Å². The number of nitrogens with zero attached hydrogens (tertiary/aromatic N) is 1. The maximum absolute atomic E-state index is 12.3. The number of imidazole rings is 1. The first kappa shape index (κ1) is 19.5. The minimum absolute atomic E-state index is 0.0120. The molecule has 1 aromatic heterocycles. The number of carboxylic acids is 1. The average Bonchev–Trinajstić information content (AvgIpc) is 3.03. The van der Waals surface area contributed by atoms with Crippen LogP contribution in [0.2, 0.25) is 0 Å². The van der Waals surface area contributed by atoms with Crippen molar-refractivity contribution in [1.82, 2.24) is 20.6 Å². The van der Waals surface area contributed by atoms with Crippen LogP contribution in [0.1, 0.15) is 12.6 Å². The fourth-order valence-corrected chi connectivity index (χ4v) is 1.83. The Kier molecular flexibility index (Phi) is 7.30. The minimum atomic E-state index is -1.54. The molecule has 4 unspecified atom stereocenters. The molecule has 0 aliphatic rings. The normalized spacial score (nSPS) is 15.8. The lowest BCUT2D eigenvalue weighted by Gasteiger charge is -2.23. The number of amides is 2. The molecule has 0 aliphatic carbocycles. The van der Waals surface area contributed by atoms with Gasteiger partial charge in [0.1, 0.15) is 12.1 Å². The number of aromatic amines is 1. The number of aliphatic hydroxyl groups excluding tert-OH is 2. The van der Waals surface area contributed by atoms with Crippen molar-refractivity contribution in [2.75, 3.05) is 6.61 Å². The van der Waals surface area contributed by atoms with Gasteiger partial charge in [-0.3, -0.25) is 9.59 Å². The van der Waals surface area contributed by atoms with Gasteiger partial charge >= 0.3 is 5.97 Å². The van der Waals surface area contributed by atoms with E-state index in [1.807, 2.05) is 0 Å². The summed E-state index contributed by atoms with van der Waals surface area (Å²) in [6, 6.07) is -3.93. The van der Waals surface area contributed by atoms with Gasteiger partial charge in [0.25, 0.3) is 0 Å². The molecule has 134 valence electrons. The van der Waals surface area contributed by atoms with Crippen molar-refractivity contribution >= 4 is 17.8 Å². The molecule has 0 spiro atoms. The van der Waals surface area contributed by atoms with Crippen molar-refractivity contribution < 1.29 is 29.7 Å². The highest BCUT2D eigenvalue weighted by atomic mass is 16.4. The Morgan fingerprint density at radius 3 is 2.46 bits per heavy atom. The van der Waals surface area contributed by atoms with Crippen molar-refractivity contribution in [1.29, 1.82) is 0 Å². The van der Waals surface area contributed by atoms with E-state index in [0.717, 1.165) is 0 Å². The second kappa shape index (κ2) is 8.96. The molecule has 11 heteroatoms. The first-order chi connectivity index (χ1) is 11.3. The summed E-state index contributed by atoms with van der Waals surface area (Å²) in [5, 5.41) is 31.8. The van der Waals surface area contributed by atoms with Crippen LogP contribution < -0.4 is 16.4 Å². The summed E-state index contributed by atoms with van der Waals surface area (Å²) in [5.41, 5.74) is 5.90. The van der Waals surface area contributed by atoms with Crippen molar-refractivity contribution in [3.63, 3.8) is 0 Å². The number of rotatable bonds is 9. The third kappa shape index (κ3) is 5.61. The topological polar surface area (TPSA) is 191 Å². The van der Waals surface area contributed by atoms with E-state index >= 15 is 0 Å². The molecule has 0 bridgehead atoms. The smallest absolute Gasteiger partial charge is 0.328 e. The second-order valence-corrected chi connectivity index (χ2v) is 5.20. The number of carboxylic acid groups (broad SMARTS) is 1. The molecule has 1 aromatic rings. The number of aromatic nitrogens is 2. The van der Waals surface area contributed by atoms with Gasteiger partial charge in [-0.1, -0.05) is 0 Å². The molecule has 2 amide bonds. The van der Waals surface area contributed by atoms with E-state index in [1.54, 1.807) is 0 Å². The third-order valence-electron chi connectivity index (χ3n) is 3.19. The summed E-state index contributed by atoms with van der Waals surface area (Å²) in [6.07, 6.45) is 1.46. The van der Waals surface area contributed by atoms with Crippen molar-refractivity contribution in [2.24, 2.45) is 5.73 Å². The van der Waals surface area contributed by atoms with E-state index in [-0.39, 0.29) is 6.42 Å². The lowest BCUT2D eigenvalue weighted by Crippen LogP contribution is -2.57. The maximum Gasteiger partial charge on any atom is 0.328 e. The summed E-state index contributed by atoms with van der Waals surface area (Å²) in [4.78, 5) is 41.7. The van der Waals surface area contributed by atoms with Gasteiger partial charge in [-0.2, -0.15) is 0 Å². The van der Waals surface area contributed by atoms with E-state index in [1.165, 1.54) is 19.4 Å². The van der Waals surface area contributed by atoms with Crippen molar-refractivity contribution in [3.8, 4) is 0 Å². The molecule has 0 saturated heterocycles. The monoisotopic (exact) mass is 343 g/mol. The number of hydrogen-bond donors (Lipinski definition) is 7. The Balaban J connectivity index is 2.88. The number of carbonyl (C=O) groups is 3. The van der Waals surface area contributed by atoms with Gasteiger partial charge < -0.3 is 36.7 Å². The molecule has 0 saturated carbocycles. The predicted molar refractivity (Wildman–Crippen MR) is 80.5 cm³/mol. The Labute approximate surface area is 137 Å². The van der Waals surface area contributed by atoms with Gasteiger partial charge in [-0.25, -0.2) is 9.78 Å². The summed E-state index contributed by atoms with van der Waals surface area (Å²) < 4.78 is 0. The Morgan fingerprint density at radius 1 is 1.33 bits per heavy atom. The Bertz CT molecular complexity index is 561. The fourth-order valence-electron chi connectivity index (χ4n) is 1.83. The summed E-state index contributed by atoms with van der Waals surface area (Å²) in [6.45, 7) is 0.596. The lowest BCUT2D eigenvalue weighted by atomic mass is 10.1. The number of H-pyrrole nitrogens is 1. The van der Waals surface area contributed by atoms with Crippen molar-refractivity contribution in [2.45, 2.75) is 37.6 Å². The van der Waals surface area contributed by atoms with Crippen molar-refractivity contribution in [3.05, 3.63) is 18.2 Å². The number of carbonyl (C=O) groups excluding carboxylic acids is 2. The van der Waals surface area contributed by atoms with Crippen LogP contribution in [0, 0.1) is 0 Å². The van der Waals surface area contributed by atoms with Gasteiger partial charge in [-0.15, -0.1) is 0 Å².